The van der Waals surface area contributed by atoms with Crippen molar-refractivity contribution in [3.8, 4) is 11.5 Å². The van der Waals surface area contributed by atoms with E-state index in [1.165, 1.54) is 0 Å². The minimum Gasteiger partial charge on any atom is -0.490 e. The number of carbonyl (C=O) groups excluding carboxylic acids is 1. The van der Waals surface area contributed by atoms with E-state index in [2.05, 4.69) is 5.32 Å². The summed E-state index contributed by atoms with van der Waals surface area (Å²) in [4.78, 5) is 12.1. The van der Waals surface area contributed by atoms with Crippen molar-refractivity contribution in [2.24, 2.45) is 0 Å². The zero-order chi connectivity index (χ0) is 18.4. The minimum absolute atomic E-state index is 0.0277. The lowest BCUT2D eigenvalue weighted by molar-refractivity contribution is -0.126. The average molecular weight is 376 g/mol. The van der Waals surface area contributed by atoms with Gasteiger partial charge in [-0.05, 0) is 36.2 Å². The van der Waals surface area contributed by atoms with E-state index in [1.807, 2.05) is 43.3 Å². The molecule has 138 valence electrons. The molecule has 1 N–H and O–H groups in total. The fourth-order valence-corrected chi connectivity index (χ4v) is 2.88. The molecular weight excluding hydrogens is 354 g/mol. The fraction of sp³-hybridized carbons (Fsp3) is 0.350. The van der Waals surface area contributed by atoms with Gasteiger partial charge in [0.15, 0.2) is 11.5 Å². The quantitative estimate of drug-likeness (QED) is 0.832. The van der Waals surface area contributed by atoms with Crippen LogP contribution in [-0.2, 0) is 16.1 Å². The van der Waals surface area contributed by atoms with Gasteiger partial charge in [0.2, 0.25) is 5.91 Å². The summed E-state index contributed by atoms with van der Waals surface area (Å²) in [7, 11) is 0. The predicted octanol–water partition coefficient (Wildman–Crippen LogP) is 3.90. The van der Waals surface area contributed by atoms with Crippen LogP contribution in [0, 0.1) is 0 Å². The summed E-state index contributed by atoms with van der Waals surface area (Å²) in [6.45, 7) is 3.48. The van der Waals surface area contributed by atoms with Gasteiger partial charge in [-0.1, -0.05) is 35.9 Å². The van der Waals surface area contributed by atoms with E-state index in [4.69, 9.17) is 25.8 Å². The highest BCUT2D eigenvalue weighted by Crippen LogP contribution is 2.32. The van der Waals surface area contributed by atoms with Crippen molar-refractivity contribution in [3.63, 3.8) is 0 Å². The highest BCUT2D eigenvalue weighted by molar-refractivity contribution is 6.31. The Bertz CT molecular complexity index is 765. The summed E-state index contributed by atoms with van der Waals surface area (Å²) in [5, 5.41) is 3.56. The second-order valence-corrected chi connectivity index (χ2v) is 6.54. The van der Waals surface area contributed by atoms with E-state index < -0.39 is 0 Å². The summed E-state index contributed by atoms with van der Waals surface area (Å²) < 4.78 is 16.8. The first-order chi connectivity index (χ1) is 12.6. The molecule has 1 unspecified atom stereocenters. The molecule has 0 saturated heterocycles. The van der Waals surface area contributed by atoms with Crippen LogP contribution in [-0.4, -0.2) is 25.7 Å². The molecule has 1 amide bonds. The Kier molecular flexibility index (Phi) is 6.36. The van der Waals surface area contributed by atoms with Crippen molar-refractivity contribution in [2.75, 3.05) is 19.8 Å². The molecule has 0 aromatic heterocycles. The lowest BCUT2D eigenvalue weighted by Crippen LogP contribution is -2.30. The number of amides is 1. The summed E-state index contributed by atoms with van der Waals surface area (Å²) in [5.41, 5.74) is 1.81. The summed E-state index contributed by atoms with van der Waals surface area (Å²) in [6, 6.07) is 13.0. The molecule has 26 heavy (non-hydrogen) atoms. The van der Waals surface area contributed by atoms with Crippen LogP contribution in [0.3, 0.4) is 0 Å². The molecule has 0 fully saturated rings. The van der Waals surface area contributed by atoms with E-state index in [0.717, 1.165) is 29.0 Å². The molecule has 5 nitrogen and oxygen atoms in total. The van der Waals surface area contributed by atoms with Gasteiger partial charge in [0.1, 0.15) is 6.61 Å². The molecule has 0 bridgehead atoms. The van der Waals surface area contributed by atoms with Gasteiger partial charge in [0.05, 0.1) is 25.9 Å². The van der Waals surface area contributed by atoms with Gasteiger partial charge in [0.25, 0.3) is 0 Å². The van der Waals surface area contributed by atoms with Crippen molar-refractivity contribution in [2.45, 2.75) is 26.0 Å². The number of benzene rings is 2. The second-order valence-electron chi connectivity index (χ2n) is 6.13. The van der Waals surface area contributed by atoms with Gasteiger partial charge in [-0.2, -0.15) is 0 Å². The highest BCUT2D eigenvalue weighted by atomic mass is 35.5. The Morgan fingerprint density at radius 1 is 1.19 bits per heavy atom. The zero-order valence-electron chi connectivity index (χ0n) is 14.7. The number of hydrogen-bond donors (Lipinski definition) is 1. The van der Waals surface area contributed by atoms with Crippen LogP contribution in [0.2, 0.25) is 5.02 Å². The Balaban J connectivity index is 1.51. The van der Waals surface area contributed by atoms with E-state index in [9.17, 15) is 4.79 Å². The standard InChI is InChI=1S/C20H22ClNO4/c1-14(15-7-8-18-19(11-15)26-10-4-9-25-18)22-20(23)13-24-12-16-5-2-3-6-17(16)21/h2-3,5-8,11,14H,4,9-10,12-13H2,1H3,(H,22,23). The lowest BCUT2D eigenvalue weighted by atomic mass is 10.1. The van der Waals surface area contributed by atoms with Gasteiger partial charge >= 0.3 is 0 Å². The van der Waals surface area contributed by atoms with Crippen LogP contribution in [0.15, 0.2) is 42.5 Å². The molecule has 0 radical (unpaired) electrons. The molecular formula is C20H22ClNO4. The van der Waals surface area contributed by atoms with Gasteiger partial charge in [-0.15, -0.1) is 0 Å². The van der Waals surface area contributed by atoms with E-state index in [1.54, 1.807) is 6.07 Å². The molecule has 1 aliphatic heterocycles. The van der Waals surface area contributed by atoms with Crippen molar-refractivity contribution in [3.05, 3.63) is 58.6 Å². The minimum atomic E-state index is -0.184. The molecule has 0 saturated carbocycles. The fourth-order valence-electron chi connectivity index (χ4n) is 2.68. The third-order valence-corrected chi connectivity index (χ3v) is 4.47. The number of rotatable bonds is 6. The smallest absolute Gasteiger partial charge is 0.246 e. The first kappa shape index (κ1) is 18.5. The first-order valence-corrected chi connectivity index (χ1v) is 9.01. The maximum Gasteiger partial charge on any atom is 0.246 e. The SMILES string of the molecule is CC(NC(=O)COCc1ccccc1Cl)c1ccc2c(c1)OCCCO2. The third-order valence-electron chi connectivity index (χ3n) is 4.10. The van der Waals surface area contributed by atoms with Crippen molar-refractivity contribution < 1.29 is 19.0 Å². The first-order valence-electron chi connectivity index (χ1n) is 8.63. The van der Waals surface area contributed by atoms with Gasteiger partial charge < -0.3 is 19.5 Å². The largest absolute Gasteiger partial charge is 0.490 e. The Hall–Kier alpha value is -2.24. The highest BCUT2D eigenvalue weighted by Gasteiger charge is 2.15. The van der Waals surface area contributed by atoms with Gasteiger partial charge in [-0.3, -0.25) is 4.79 Å². The summed E-state index contributed by atoms with van der Waals surface area (Å²) >= 11 is 6.07. The maximum absolute atomic E-state index is 12.1. The monoisotopic (exact) mass is 375 g/mol. The van der Waals surface area contributed by atoms with E-state index >= 15 is 0 Å². The lowest BCUT2D eigenvalue weighted by Gasteiger charge is -2.16. The molecule has 1 atom stereocenters. The normalized spacial score (nSPS) is 14.4. The molecule has 0 aliphatic carbocycles. The Labute approximate surface area is 158 Å². The number of halogens is 1. The van der Waals surface area contributed by atoms with E-state index in [0.29, 0.717) is 24.8 Å². The van der Waals surface area contributed by atoms with Gasteiger partial charge in [0, 0.05) is 11.4 Å². The molecule has 2 aromatic carbocycles. The van der Waals surface area contributed by atoms with Crippen LogP contribution in [0.4, 0.5) is 0 Å². The zero-order valence-corrected chi connectivity index (χ0v) is 15.4. The van der Waals surface area contributed by atoms with Crippen molar-refractivity contribution in [1.29, 1.82) is 0 Å². The number of fused-ring (bicyclic) bond motifs is 1. The van der Waals surface area contributed by atoms with Crippen molar-refractivity contribution in [1.82, 2.24) is 5.32 Å². The average Bonchev–Trinajstić information content (AvgIpc) is 2.88. The van der Waals surface area contributed by atoms with E-state index in [-0.39, 0.29) is 18.6 Å². The molecule has 0 spiro atoms. The third kappa shape index (κ3) is 4.90. The number of hydrogen-bond acceptors (Lipinski definition) is 4. The number of nitrogens with one attached hydrogen (secondary N) is 1. The van der Waals surface area contributed by atoms with Crippen LogP contribution in [0.1, 0.15) is 30.5 Å². The van der Waals surface area contributed by atoms with Crippen LogP contribution in [0.25, 0.3) is 0 Å². The van der Waals surface area contributed by atoms with Crippen LogP contribution >= 0.6 is 11.6 Å². The molecule has 1 aliphatic rings. The topological polar surface area (TPSA) is 56.8 Å². The predicted molar refractivity (Wildman–Crippen MR) is 99.7 cm³/mol. The van der Waals surface area contributed by atoms with Gasteiger partial charge in [-0.25, -0.2) is 0 Å². The summed E-state index contributed by atoms with van der Waals surface area (Å²) in [6.07, 6.45) is 0.860. The maximum atomic E-state index is 12.1. The number of carbonyl (C=O) groups is 1. The molecule has 6 heteroatoms. The van der Waals surface area contributed by atoms with Crippen LogP contribution < -0.4 is 14.8 Å². The molecule has 2 aromatic rings. The Morgan fingerprint density at radius 3 is 2.77 bits per heavy atom. The number of ether oxygens (including phenoxy) is 3. The van der Waals surface area contributed by atoms with Crippen molar-refractivity contribution >= 4 is 17.5 Å². The summed E-state index contributed by atoms with van der Waals surface area (Å²) in [5.74, 6) is 1.28. The molecule has 1 heterocycles. The molecule has 3 rings (SSSR count). The van der Waals surface area contributed by atoms with Crippen LogP contribution in [0.5, 0.6) is 11.5 Å². The Morgan fingerprint density at radius 2 is 1.96 bits per heavy atom. The second kappa shape index (κ2) is 8.92.